The molecule has 1 heterocycles. The molecule has 7 heteroatoms. The molecule has 7 nitrogen and oxygen atoms in total. The fraction of sp³-hybridized carbons (Fsp3) is 0.267. The van der Waals surface area contributed by atoms with Crippen molar-refractivity contribution in [3.63, 3.8) is 0 Å². The molecule has 1 aromatic heterocycles. The van der Waals surface area contributed by atoms with Crippen molar-refractivity contribution in [1.29, 1.82) is 0 Å². The first-order valence-corrected chi connectivity index (χ1v) is 12.6. The van der Waals surface area contributed by atoms with Crippen molar-refractivity contribution in [2.75, 3.05) is 6.61 Å². The Hall–Kier alpha value is -4.26. The fourth-order valence-electron chi connectivity index (χ4n) is 3.74. The van der Waals surface area contributed by atoms with Gasteiger partial charge in [0.05, 0.1) is 23.5 Å². The molecule has 0 aliphatic carbocycles. The molecule has 3 aromatic carbocycles. The zero-order valence-electron chi connectivity index (χ0n) is 20.9. The number of azo groups is 1. The monoisotopic (exact) mass is 498 g/mol. The van der Waals surface area contributed by atoms with Gasteiger partial charge >= 0.3 is 11.6 Å². The van der Waals surface area contributed by atoms with Gasteiger partial charge in [-0.15, -0.1) is 0 Å². The minimum absolute atomic E-state index is 0.356. The number of nitrogens with zero attached hydrogens (tertiary/aromatic N) is 2. The van der Waals surface area contributed by atoms with Crippen molar-refractivity contribution in [1.82, 2.24) is 0 Å². The Morgan fingerprint density at radius 2 is 1.41 bits per heavy atom. The maximum atomic E-state index is 12.5. The largest absolute Gasteiger partial charge is 0.494 e. The molecular formula is C30H30N2O5. The third-order valence-electron chi connectivity index (χ3n) is 5.79. The molecule has 4 rings (SSSR count). The molecule has 0 atom stereocenters. The molecule has 0 fully saturated rings. The standard InChI is InChI=1S/C30H30N2O5/c1-2-3-4-5-6-7-20-35-26-15-13-25(14-16-26)32-31-24-11-8-22(9-12-24)30(34)36-27-17-18-28-23(21-27)10-19-29(33)37-28/h8-19,21H,2-7,20H2,1H3. The molecule has 0 N–H and O–H groups in total. The van der Waals surface area contributed by atoms with E-state index in [2.05, 4.69) is 17.2 Å². The lowest BCUT2D eigenvalue weighted by Gasteiger charge is -2.06. The summed E-state index contributed by atoms with van der Waals surface area (Å²) in [6.45, 7) is 2.95. The van der Waals surface area contributed by atoms with Gasteiger partial charge in [0.1, 0.15) is 17.1 Å². The van der Waals surface area contributed by atoms with Crippen molar-refractivity contribution in [2.45, 2.75) is 45.4 Å². The minimum atomic E-state index is -0.503. The topological polar surface area (TPSA) is 90.5 Å². The summed E-state index contributed by atoms with van der Waals surface area (Å²) in [5.41, 5.74) is 1.70. The number of hydrogen-bond donors (Lipinski definition) is 0. The molecule has 0 saturated heterocycles. The molecule has 190 valence electrons. The number of rotatable bonds is 12. The number of carbonyl (C=O) groups excluding carboxylic acids is 1. The van der Waals surface area contributed by atoms with Crippen molar-refractivity contribution < 1.29 is 18.7 Å². The first kappa shape index (κ1) is 25.8. The average Bonchev–Trinajstić information content (AvgIpc) is 2.92. The predicted molar refractivity (Wildman–Crippen MR) is 143 cm³/mol. The van der Waals surface area contributed by atoms with E-state index in [1.807, 2.05) is 24.3 Å². The summed E-state index contributed by atoms with van der Waals surface area (Å²) in [6, 6.07) is 21.9. The van der Waals surface area contributed by atoms with Crippen LogP contribution in [-0.2, 0) is 0 Å². The van der Waals surface area contributed by atoms with Crippen molar-refractivity contribution >= 4 is 28.3 Å². The van der Waals surface area contributed by atoms with Crippen LogP contribution in [0.3, 0.4) is 0 Å². The van der Waals surface area contributed by atoms with Gasteiger partial charge in [0, 0.05) is 11.5 Å². The van der Waals surface area contributed by atoms with Crippen molar-refractivity contribution in [3.8, 4) is 11.5 Å². The van der Waals surface area contributed by atoms with Gasteiger partial charge < -0.3 is 13.9 Å². The zero-order valence-corrected chi connectivity index (χ0v) is 20.9. The lowest BCUT2D eigenvalue weighted by molar-refractivity contribution is 0.0735. The van der Waals surface area contributed by atoms with Gasteiger partial charge in [0.2, 0.25) is 0 Å². The van der Waals surface area contributed by atoms with Gasteiger partial charge in [-0.3, -0.25) is 0 Å². The molecule has 0 amide bonds. The summed E-state index contributed by atoms with van der Waals surface area (Å²) in [7, 11) is 0. The van der Waals surface area contributed by atoms with E-state index in [9.17, 15) is 9.59 Å². The van der Waals surface area contributed by atoms with Crippen LogP contribution in [0.15, 0.2) is 98.3 Å². The Balaban J connectivity index is 1.26. The number of esters is 1. The van der Waals surface area contributed by atoms with Crippen molar-refractivity contribution in [3.05, 3.63) is 94.8 Å². The summed E-state index contributed by atoms with van der Waals surface area (Å²) < 4.78 is 16.3. The molecule has 0 bridgehead atoms. The highest BCUT2D eigenvalue weighted by Gasteiger charge is 2.10. The Bertz CT molecular complexity index is 1390. The normalized spacial score (nSPS) is 11.2. The van der Waals surface area contributed by atoms with Crippen LogP contribution < -0.4 is 15.1 Å². The van der Waals surface area contributed by atoms with Crippen LogP contribution in [0.5, 0.6) is 11.5 Å². The van der Waals surface area contributed by atoms with Crippen LogP contribution in [0.25, 0.3) is 11.0 Å². The summed E-state index contributed by atoms with van der Waals surface area (Å²) >= 11 is 0. The van der Waals surface area contributed by atoms with Gasteiger partial charge in [0.25, 0.3) is 0 Å². The van der Waals surface area contributed by atoms with E-state index >= 15 is 0 Å². The van der Waals surface area contributed by atoms with Crippen LogP contribution in [0.2, 0.25) is 0 Å². The number of hydrogen-bond acceptors (Lipinski definition) is 7. The summed E-state index contributed by atoms with van der Waals surface area (Å²) in [5, 5.41) is 9.16. The highest BCUT2D eigenvalue weighted by molar-refractivity contribution is 5.92. The van der Waals surface area contributed by atoms with E-state index < -0.39 is 11.6 Å². The average molecular weight is 499 g/mol. The van der Waals surface area contributed by atoms with E-state index in [0.717, 1.165) is 18.8 Å². The minimum Gasteiger partial charge on any atom is -0.494 e. The Morgan fingerprint density at radius 1 is 0.757 bits per heavy atom. The molecule has 37 heavy (non-hydrogen) atoms. The van der Waals surface area contributed by atoms with Gasteiger partial charge in [-0.1, -0.05) is 39.0 Å². The number of ether oxygens (including phenoxy) is 2. The third kappa shape index (κ3) is 7.87. The molecule has 0 radical (unpaired) electrons. The van der Waals surface area contributed by atoms with Gasteiger partial charge in [-0.2, -0.15) is 10.2 Å². The van der Waals surface area contributed by atoms with E-state index in [-0.39, 0.29) is 0 Å². The van der Waals surface area contributed by atoms with E-state index in [1.54, 1.807) is 48.5 Å². The first-order valence-electron chi connectivity index (χ1n) is 12.6. The Kier molecular flexibility index (Phi) is 9.18. The number of unbranched alkanes of at least 4 members (excludes halogenated alkanes) is 5. The number of fused-ring (bicyclic) bond motifs is 1. The molecule has 0 unspecified atom stereocenters. The van der Waals surface area contributed by atoms with Gasteiger partial charge in [-0.05, 0) is 79.2 Å². The van der Waals surface area contributed by atoms with Gasteiger partial charge in [0.15, 0.2) is 0 Å². The van der Waals surface area contributed by atoms with Crippen molar-refractivity contribution in [2.24, 2.45) is 10.2 Å². The van der Waals surface area contributed by atoms with Gasteiger partial charge in [-0.25, -0.2) is 9.59 Å². The lowest BCUT2D eigenvalue weighted by atomic mass is 10.1. The zero-order chi connectivity index (χ0) is 25.9. The van der Waals surface area contributed by atoms with E-state index in [1.165, 1.54) is 38.2 Å². The Morgan fingerprint density at radius 3 is 2.14 bits per heavy atom. The molecule has 0 aliphatic heterocycles. The van der Waals surface area contributed by atoms with Crippen LogP contribution in [-0.4, -0.2) is 12.6 Å². The molecular weight excluding hydrogens is 468 g/mol. The third-order valence-corrected chi connectivity index (χ3v) is 5.79. The maximum Gasteiger partial charge on any atom is 0.343 e. The molecule has 4 aromatic rings. The van der Waals surface area contributed by atoms with Crippen LogP contribution in [0, 0.1) is 0 Å². The lowest BCUT2D eigenvalue weighted by Crippen LogP contribution is -2.08. The number of benzene rings is 3. The summed E-state index contributed by atoms with van der Waals surface area (Å²) in [5.74, 6) is 0.678. The van der Waals surface area contributed by atoms with E-state index in [4.69, 9.17) is 13.9 Å². The second-order valence-corrected chi connectivity index (χ2v) is 8.70. The highest BCUT2D eigenvalue weighted by atomic mass is 16.5. The maximum absolute atomic E-state index is 12.5. The second kappa shape index (κ2) is 13.2. The predicted octanol–water partition coefficient (Wildman–Crippen LogP) is 8.17. The summed E-state index contributed by atoms with van der Waals surface area (Å²) in [6.07, 6.45) is 7.41. The van der Waals surface area contributed by atoms with Crippen LogP contribution in [0.4, 0.5) is 11.4 Å². The Labute approximate surface area is 215 Å². The first-order chi connectivity index (χ1) is 18.1. The quantitative estimate of drug-likeness (QED) is 0.0646. The molecule has 0 spiro atoms. The molecule has 0 aliphatic rings. The van der Waals surface area contributed by atoms with Crippen LogP contribution in [0.1, 0.15) is 55.8 Å². The second-order valence-electron chi connectivity index (χ2n) is 8.70. The fourth-order valence-corrected chi connectivity index (χ4v) is 3.74. The number of carbonyl (C=O) groups is 1. The SMILES string of the molecule is CCCCCCCCOc1ccc(N=Nc2ccc(C(=O)Oc3ccc4oc(=O)ccc4c3)cc2)cc1. The smallest absolute Gasteiger partial charge is 0.343 e. The van der Waals surface area contributed by atoms with Crippen LogP contribution >= 0.6 is 0 Å². The molecule has 0 saturated carbocycles. The highest BCUT2D eigenvalue weighted by Crippen LogP contribution is 2.23. The van der Waals surface area contributed by atoms with E-state index in [0.29, 0.717) is 33.7 Å². The summed E-state index contributed by atoms with van der Waals surface area (Å²) in [4.78, 5) is 23.8.